The lowest BCUT2D eigenvalue weighted by molar-refractivity contribution is 0.658. The van der Waals surface area contributed by atoms with E-state index in [-0.39, 0.29) is 5.69 Å². The van der Waals surface area contributed by atoms with E-state index in [4.69, 9.17) is 0 Å². The lowest BCUT2D eigenvalue weighted by Crippen LogP contribution is -2.16. The Morgan fingerprint density at radius 1 is 1.35 bits per heavy atom. The van der Waals surface area contributed by atoms with E-state index in [2.05, 4.69) is 32.4 Å². The van der Waals surface area contributed by atoms with E-state index >= 15 is 0 Å². The molecular weight excluding hydrogens is 276 g/mol. The minimum atomic E-state index is -0.213. The molecule has 0 radical (unpaired) electrons. The van der Waals surface area contributed by atoms with Gasteiger partial charge in [0.1, 0.15) is 0 Å². The molecule has 7 nitrogen and oxygen atoms in total. The van der Waals surface area contributed by atoms with Crippen LogP contribution in [0.15, 0.2) is 27.5 Å². The smallest absolute Gasteiger partial charge is 0.313 e. The van der Waals surface area contributed by atoms with Gasteiger partial charge >= 0.3 is 5.69 Å². The molecule has 2 aromatic heterocycles. The molecule has 2 N–H and O–H groups in total. The fourth-order valence-corrected chi connectivity index (χ4v) is 2.43. The predicted molar refractivity (Wildman–Crippen MR) is 76.7 cm³/mol. The van der Waals surface area contributed by atoms with E-state index in [0.717, 1.165) is 25.1 Å². The zero-order valence-corrected chi connectivity index (χ0v) is 12.4. The summed E-state index contributed by atoms with van der Waals surface area (Å²) in [5.41, 5.74) is 0.827. The number of H-pyrrole nitrogens is 1. The van der Waals surface area contributed by atoms with Crippen LogP contribution in [0.1, 0.15) is 25.8 Å². The number of nitrogens with zero attached hydrogens (tertiary/aromatic N) is 4. The van der Waals surface area contributed by atoms with Crippen molar-refractivity contribution >= 4 is 11.8 Å². The highest BCUT2D eigenvalue weighted by atomic mass is 32.2. The summed E-state index contributed by atoms with van der Waals surface area (Å²) in [7, 11) is 0. The summed E-state index contributed by atoms with van der Waals surface area (Å²) in [5.74, 6) is 0. The minimum absolute atomic E-state index is 0.213. The van der Waals surface area contributed by atoms with Gasteiger partial charge in [0.15, 0.2) is 10.3 Å². The summed E-state index contributed by atoms with van der Waals surface area (Å²) in [4.78, 5) is 20.0. The number of aromatic amines is 1. The number of hydrogen-bond donors (Lipinski definition) is 2. The van der Waals surface area contributed by atoms with Crippen LogP contribution in [-0.2, 0) is 13.1 Å². The van der Waals surface area contributed by atoms with Gasteiger partial charge in [0, 0.05) is 31.0 Å². The second-order valence-electron chi connectivity index (χ2n) is 4.21. The Morgan fingerprint density at radius 2 is 2.10 bits per heavy atom. The summed E-state index contributed by atoms with van der Waals surface area (Å²) >= 11 is 1.27. The highest BCUT2D eigenvalue weighted by Gasteiger charge is 2.10. The van der Waals surface area contributed by atoms with Crippen molar-refractivity contribution in [2.45, 2.75) is 43.7 Å². The third kappa shape index (κ3) is 3.67. The van der Waals surface area contributed by atoms with Crippen molar-refractivity contribution in [1.82, 2.24) is 30.0 Å². The first-order valence-electron chi connectivity index (χ1n) is 6.59. The van der Waals surface area contributed by atoms with E-state index in [9.17, 15) is 4.79 Å². The molecule has 8 heteroatoms. The van der Waals surface area contributed by atoms with Crippen LogP contribution < -0.4 is 11.0 Å². The summed E-state index contributed by atoms with van der Waals surface area (Å²) < 4.78 is 1.55. The molecule has 0 aliphatic carbocycles. The number of hydrogen-bond acceptors (Lipinski definition) is 6. The zero-order chi connectivity index (χ0) is 14.4. The summed E-state index contributed by atoms with van der Waals surface area (Å²) in [6.07, 6.45) is 4.68. The maximum absolute atomic E-state index is 11.4. The minimum Gasteiger partial charge on any atom is -0.313 e. The van der Waals surface area contributed by atoms with Gasteiger partial charge in [-0.15, -0.1) is 5.10 Å². The normalized spacial score (nSPS) is 10.9. The van der Waals surface area contributed by atoms with Crippen molar-refractivity contribution in [2.24, 2.45) is 0 Å². The lowest BCUT2D eigenvalue weighted by atomic mass is 10.3. The molecule has 0 amide bonds. The van der Waals surface area contributed by atoms with E-state index in [0.29, 0.717) is 16.9 Å². The van der Waals surface area contributed by atoms with Crippen LogP contribution in [0.5, 0.6) is 0 Å². The van der Waals surface area contributed by atoms with Gasteiger partial charge in [-0.2, -0.15) is 0 Å². The third-order valence-corrected chi connectivity index (χ3v) is 3.55. The van der Waals surface area contributed by atoms with Crippen molar-refractivity contribution in [3.8, 4) is 0 Å². The Bertz CT molecular complexity index is 591. The van der Waals surface area contributed by atoms with Crippen molar-refractivity contribution in [3.63, 3.8) is 0 Å². The van der Waals surface area contributed by atoms with Gasteiger partial charge in [-0.3, -0.25) is 4.57 Å². The third-order valence-electron chi connectivity index (χ3n) is 2.66. The van der Waals surface area contributed by atoms with Crippen LogP contribution in [0.3, 0.4) is 0 Å². The summed E-state index contributed by atoms with van der Waals surface area (Å²) in [5, 5.41) is 10.8. The number of rotatable bonds is 7. The Labute approximate surface area is 121 Å². The molecule has 2 heterocycles. The molecule has 0 bridgehead atoms. The summed E-state index contributed by atoms with van der Waals surface area (Å²) in [6.45, 7) is 6.33. The SMILES string of the molecule is CCCNCc1cnc(Sc2n[nH]c(=O)n2CC)nc1. The first kappa shape index (κ1) is 14.7. The highest BCUT2D eigenvalue weighted by molar-refractivity contribution is 7.99. The van der Waals surface area contributed by atoms with Gasteiger partial charge < -0.3 is 5.32 Å². The standard InChI is InChI=1S/C12H18N6OS/c1-3-5-13-6-9-7-14-10(15-8-9)20-12-17-16-11(19)18(12)4-2/h7-8,13H,3-6H2,1-2H3,(H,16,19). The Morgan fingerprint density at radius 3 is 2.75 bits per heavy atom. The van der Waals surface area contributed by atoms with Gasteiger partial charge in [0.05, 0.1) is 0 Å². The molecular formula is C12H18N6OS. The fourth-order valence-electron chi connectivity index (χ4n) is 1.64. The van der Waals surface area contributed by atoms with E-state index < -0.39 is 0 Å². The average molecular weight is 294 g/mol. The quantitative estimate of drug-likeness (QED) is 0.586. The van der Waals surface area contributed by atoms with Crippen molar-refractivity contribution in [2.75, 3.05) is 6.54 Å². The Balaban J connectivity index is 2.01. The molecule has 0 fully saturated rings. The van der Waals surface area contributed by atoms with Crippen LogP contribution in [0.4, 0.5) is 0 Å². The Hall–Kier alpha value is -1.67. The number of nitrogens with one attached hydrogen (secondary N) is 2. The molecule has 2 rings (SSSR count). The first-order valence-corrected chi connectivity index (χ1v) is 7.41. The van der Waals surface area contributed by atoms with Crippen molar-refractivity contribution in [3.05, 3.63) is 28.4 Å². The van der Waals surface area contributed by atoms with Crippen molar-refractivity contribution < 1.29 is 0 Å². The molecule has 0 aliphatic heterocycles. The molecule has 0 aliphatic rings. The first-order chi connectivity index (χ1) is 9.74. The van der Waals surface area contributed by atoms with Gasteiger partial charge in [0.25, 0.3) is 0 Å². The maximum Gasteiger partial charge on any atom is 0.343 e. The van der Waals surface area contributed by atoms with Gasteiger partial charge in [0.2, 0.25) is 0 Å². The largest absolute Gasteiger partial charge is 0.343 e. The molecule has 0 unspecified atom stereocenters. The number of aromatic nitrogens is 5. The molecule has 0 saturated carbocycles. The second kappa shape index (κ2) is 7.20. The average Bonchev–Trinajstić information content (AvgIpc) is 2.81. The van der Waals surface area contributed by atoms with Gasteiger partial charge in [-0.25, -0.2) is 19.9 Å². The molecule has 0 spiro atoms. The molecule has 0 atom stereocenters. The molecule has 108 valence electrons. The zero-order valence-electron chi connectivity index (χ0n) is 11.6. The van der Waals surface area contributed by atoms with Crippen LogP contribution in [-0.4, -0.2) is 31.3 Å². The van der Waals surface area contributed by atoms with Crippen molar-refractivity contribution in [1.29, 1.82) is 0 Å². The van der Waals surface area contributed by atoms with E-state index in [1.807, 2.05) is 6.92 Å². The topological polar surface area (TPSA) is 88.5 Å². The molecule has 0 aromatic carbocycles. The maximum atomic E-state index is 11.4. The summed E-state index contributed by atoms with van der Waals surface area (Å²) in [6, 6.07) is 0. The van der Waals surface area contributed by atoms with E-state index in [1.54, 1.807) is 17.0 Å². The Kier molecular flexibility index (Phi) is 5.31. The monoisotopic (exact) mass is 294 g/mol. The molecule has 0 saturated heterocycles. The van der Waals surface area contributed by atoms with Crippen LogP contribution in [0, 0.1) is 0 Å². The van der Waals surface area contributed by atoms with Gasteiger partial charge in [-0.05, 0) is 31.7 Å². The van der Waals surface area contributed by atoms with Crippen LogP contribution >= 0.6 is 11.8 Å². The highest BCUT2D eigenvalue weighted by Crippen LogP contribution is 2.20. The lowest BCUT2D eigenvalue weighted by Gasteiger charge is -2.04. The van der Waals surface area contributed by atoms with E-state index in [1.165, 1.54) is 11.8 Å². The predicted octanol–water partition coefficient (Wildman–Crippen LogP) is 1.03. The molecule has 20 heavy (non-hydrogen) atoms. The second-order valence-corrected chi connectivity index (χ2v) is 5.14. The fraction of sp³-hybridized carbons (Fsp3) is 0.500. The van der Waals surface area contributed by atoms with Crippen LogP contribution in [0.25, 0.3) is 0 Å². The molecule has 2 aromatic rings. The van der Waals surface area contributed by atoms with Gasteiger partial charge in [-0.1, -0.05) is 6.92 Å². The van der Waals surface area contributed by atoms with Crippen LogP contribution in [0.2, 0.25) is 0 Å².